The largest absolute Gasteiger partial charge is 0.365 e. The third-order valence-corrected chi connectivity index (χ3v) is 3.77. The second kappa shape index (κ2) is 6.86. The number of halogens is 2. The number of benzene rings is 1. The van der Waals surface area contributed by atoms with Gasteiger partial charge in [0.25, 0.3) is 0 Å². The van der Waals surface area contributed by atoms with Crippen LogP contribution in [0.3, 0.4) is 0 Å². The van der Waals surface area contributed by atoms with E-state index in [1.54, 1.807) is 16.9 Å². The van der Waals surface area contributed by atoms with E-state index in [0.29, 0.717) is 35.9 Å². The summed E-state index contributed by atoms with van der Waals surface area (Å²) in [5, 5.41) is 11.6. The molecule has 0 bridgehead atoms. The highest BCUT2D eigenvalue weighted by atomic mass is 19.2. The Morgan fingerprint density at radius 2 is 1.88 bits per heavy atom. The first-order chi connectivity index (χ1) is 12.2. The summed E-state index contributed by atoms with van der Waals surface area (Å²) in [6.07, 6.45) is 2.25. The van der Waals surface area contributed by atoms with Crippen molar-refractivity contribution in [2.45, 2.75) is 32.7 Å². The first-order valence-corrected chi connectivity index (χ1v) is 8.39. The van der Waals surface area contributed by atoms with E-state index < -0.39 is 11.6 Å². The van der Waals surface area contributed by atoms with E-state index in [4.69, 9.17) is 0 Å². The molecule has 0 aliphatic carbocycles. The van der Waals surface area contributed by atoms with Crippen molar-refractivity contribution in [3.63, 3.8) is 0 Å². The summed E-state index contributed by atoms with van der Waals surface area (Å²) < 4.78 is 28.0. The van der Waals surface area contributed by atoms with Gasteiger partial charge in [0.05, 0.1) is 11.6 Å². The summed E-state index contributed by atoms with van der Waals surface area (Å²) >= 11 is 0. The second-order valence-electron chi connectivity index (χ2n) is 7.20. The molecule has 0 radical (unpaired) electrons. The maximum Gasteiger partial charge on any atom is 0.226 e. The fraction of sp³-hybridized carbons (Fsp3) is 0.389. The quantitative estimate of drug-likeness (QED) is 0.729. The number of fused-ring (bicyclic) bond motifs is 1. The van der Waals surface area contributed by atoms with Gasteiger partial charge in [0, 0.05) is 19.1 Å². The maximum atomic E-state index is 13.3. The zero-order valence-electron chi connectivity index (χ0n) is 15.3. The summed E-state index contributed by atoms with van der Waals surface area (Å²) in [6, 6.07) is 3.90. The molecule has 0 aliphatic heterocycles. The summed E-state index contributed by atoms with van der Waals surface area (Å²) in [6.45, 7) is 6.64. The zero-order valence-corrected chi connectivity index (χ0v) is 15.3. The molecular formula is C18H22F2N6. The van der Waals surface area contributed by atoms with Gasteiger partial charge in [-0.2, -0.15) is 15.1 Å². The van der Waals surface area contributed by atoms with Crippen molar-refractivity contribution in [2.24, 2.45) is 7.05 Å². The highest BCUT2D eigenvalue weighted by Gasteiger charge is 2.16. The maximum absolute atomic E-state index is 13.3. The molecule has 0 atom stereocenters. The van der Waals surface area contributed by atoms with E-state index in [1.165, 1.54) is 6.07 Å². The van der Waals surface area contributed by atoms with Crippen LogP contribution in [-0.4, -0.2) is 31.8 Å². The van der Waals surface area contributed by atoms with Crippen LogP contribution in [-0.2, 0) is 13.5 Å². The molecule has 0 fully saturated rings. The van der Waals surface area contributed by atoms with Crippen molar-refractivity contribution in [2.75, 3.05) is 17.2 Å². The van der Waals surface area contributed by atoms with Crippen LogP contribution in [0.4, 0.5) is 20.5 Å². The molecule has 3 rings (SSSR count). The van der Waals surface area contributed by atoms with Crippen molar-refractivity contribution in [1.82, 2.24) is 19.7 Å². The van der Waals surface area contributed by atoms with Gasteiger partial charge < -0.3 is 10.6 Å². The van der Waals surface area contributed by atoms with Crippen molar-refractivity contribution in [3.8, 4) is 0 Å². The van der Waals surface area contributed by atoms with E-state index in [-0.39, 0.29) is 5.54 Å². The molecule has 0 unspecified atom stereocenters. The van der Waals surface area contributed by atoms with Gasteiger partial charge in [0.2, 0.25) is 5.95 Å². The lowest BCUT2D eigenvalue weighted by atomic mass is 10.1. The highest BCUT2D eigenvalue weighted by Crippen LogP contribution is 2.24. The van der Waals surface area contributed by atoms with Crippen LogP contribution in [0.1, 0.15) is 26.3 Å². The van der Waals surface area contributed by atoms with Gasteiger partial charge in [0.15, 0.2) is 17.3 Å². The third-order valence-electron chi connectivity index (χ3n) is 3.77. The SMILES string of the molecule is Cn1ncc2c(NC(C)(C)C)nc(NCCc3ccc(F)c(F)c3)nc21. The average molecular weight is 360 g/mol. The molecule has 0 amide bonds. The first kappa shape index (κ1) is 18.0. The molecule has 8 heteroatoms. The molecule has 2 aromatic heterocycles. The van der Waals surface area contributed by atoms with Gasteiger partial charge in [-0.05, 0) is 44.9 Å². The fourth-order valence-corrected chi connectivity index (χ4v) is 2.57. The van der Waals surface area contributed by atoms with Gasteiger partial charge in [-0.25, -0.2) is 8.78 Å². The van der Waals surface area contributed by atoms with Crippen LogP contribution in [0.25, 0.3) is 11.0 Å². The predicted molar refractivity (Wildman–Crippen MR) is 98.2 cm³/mol. The molecule has 26 heavy (non-hydrogen) atoms. The Hall–Kier alpha value is -2.77. The Morgan fingerprint density at radius 1 is 1.12 bits per heavy atom. The summed E-state index contributed by atoms with van der Waals surface area (Å²) in [5.74, 6) is -0.530. The summed E-state index contributed by atoms with van der Waals surface area (Å²) in [7, 11) is 1.82. The number of nitrogens with one attached hydrogen (secondary N) is 2. The van der Waals surface area contributed by atoms with Crippen molar-refractivity contribution in [1.29, 1.82) is 0 Å². The zero-order chi connectivity index (χ0) is 18.9. The third kappa shape index (κ3) is 4.07. The Labute approximate surface area is 150 Å². The van der Waals surface area contributed by atoms with E-state index in [1.807, 2.05) is 27.8 Å². The number of hydrogen-bond donors (Lipinski definition) is 2. The number of nitrogens with zero attached hydrogens (tertiary/aromatic N) is 4. The molecule has 2 N–H and O–H groups in total. The van der Waals surface area contributed by atoms with E-state index in [2.05, 4.69) is 25.7 Å². The van der Waals surface area contributed by atoms with E-state index in [0.717, 1.165) is 11.5 Å². The smallest absolute Gasteiger partial charge is 0.226 e. The molecule has 1 aromatic carbocycles. The molecule has 0 spiro atoms. The lowest BCUT2D eigenvalue weighted by Gasteiger charge is -2.22. The standard InChI is InChI=1S/C18H22F2N6/c1-18(2,3)25-15-12-10-22-26(4)16(12)24-17(23-15)21-8-7-11-5-6-13(19)14(20)9-11/h5-6,9-10H,7-8H2,1-4H3,(H2,21,23,24,25). The fourth-order valence-electron chi connectivity index (χ4n) is 2.57. The van der Waals surface area contributed by atoms with Gasteiger partial charge in [-0.15, -0.1) is 0 Å². The normalized spacial score (nSPS) is 11.8. The minimum Gasteiger partial charge on any atom is -0.365 e. The Kier molecular flexibility index (Phi) is 4.76. The average Bonchev–Trinajstić information content (AvgIpc) is 2.91. The summed E-state index contributed by atoms with van der Waals surface area (Å²) in [4.78, 5) is 9.03. The van der Waals surface area contributed by atoms with Crippen LogP contribution < -0.4 is 10.6 Å². The summed E-state index contributed by atoms with van der Waals surface area (Å²) in [5.41, 5.74) is 1.24. The number of aromatic nitrogens is 4. The minimum atomic E-state index is -0.843. The van der Waals surface area contributed by atoms with Crippen LogP contribution in [0, 0.1) is 11.6 Å². The topological polar surface area (TPSA) is 67.7 Å². The Morgan fingerprint density at radius 3 is 2.58 bits per heavy atom. The molecule has 0 saturated carbocycles. The lowest BCUT2D eigenvalue weighted by molar-refractivity contribution is 0.507. The van der Waals surface area contributed by atoms with Crippen LogP contribution in [0.15, 0.2) is 24.4 Å². The van der Waals surface area contributed by atoms with Crippen LogP contribution in [0.2, 0.25) is 0 Å². The minimum absolute atomic E-state index is 0.167. The molecule has 2 heterocycles. The molecule has 3 aromatic rings. The molecular weight excluding hydrogens is 338 g/mol. The Bertz CT molecular complexity index is 929. The lowest BCUT2D eigenvalue weighted by Crippen LogP contribution is -2.27. The van der Waals surface area contributed by atoms with Crippen molar-refractivity contribution >= 4 is 22.8 Å². The first-order valence-electron chi connectivity index (χ1n) is 8.39. The van der Waals surface area contributed by atoms with Crippen molar-refractivity contribution < 1.29 is 8.78 Å². The molecule has 6 nitrogen and oxygen atoms in total. The molecule has 0 saturated heterocycles. The number of anilines is 2. The number of rotatable bonds is 5. The van der Waals surface area contributed by atoms with E-state index in [9.17, 15) is 8.78 Å². The monoisotopic (exact) mass is 360 g/mol. The Balaban J connectivity index is 1.78. The second-order valence-corrected chi connectivity index (χ2v) is 7.20. The van der Waals surface area contributed by atoms with Crippen LogP contribution in [0.5, 0.6) is 0 Å². The predicted octanol–water partition coefficient (Wildman–Crippen LogP) is 3.51. The van der Waals surface area contributed by atoms with Crippen LogP contribution >= 0.6 is 0 Å². The molecule has 0 aliphatic rings. The molecule has 138 valence electrons. The highest BCUT2D eigenvalue weighted by molar-refractivity contribution is 5.87. The van der Waals surface area contributed by atoms with Gasteiger partial charge in [0.1, 0.15) is 5.82 Å². The van der Waals surface area contributed by atoms with Gasteiger partial charge >= 0.3 is 0 Å². The van der Waals surface area contributed by atoms with E-state index >= 15 is 0 Å². The van der Waals surface area contributed by atoms with Gasteiger partial charge in [-0.3, -0.25) is 4.68 Å². The van der Waals surface area contributed by atoms with Crippen molar-refractivity contribution in [3.05, 3.63) is 41.6 Å². The van der Waals surface area contributed by atoms with Gasteiger partial charge in [-0.1, -0.05) is 6.07 Å². The number of aryl methyl sites for hydroxylation is 1. The number of hydrogen-bond acceptors (Lipinski definition) is 5.